The van der Waals surface area contributed by atoms with E-state index in [-0.39, 0.29) is 11.9 Å². The molecule has 1 atom stereocenters. The second-order valence-corrected chi connectivity index (χ2v) is 12.0. The number of aryl methyl sites for hydroxylation is 2. The second-order valence-electron chi connectivity index (χ2n) is 10.8. The summed E-state index contributed by atoms with van der Waals surface area (Å²) in [4.78, 5) is 35.1. The van der Waals surface area contributed by atoms with Crippen molar-refractivity contribution in [3.63, 3.8) is 0 Å². The molecule has 9 heteroatoms. The molecular formula is C29H41ClN4O3S. The Morgan fingerprint density at radius 1 is 1.24 bits per heavy atom. The summed E-state index contributed by atoms with van der Waals surface area (Å²) in [6.45, 7) is 10.7. The Balaban J connectivity index is 1.27. The zero-order valence-electron chi connectivity index (χ0n) is 22.9. The molecule has 2 aromatic rings. The van der Waals surface area contributed by atoms with Gasteiger partial charge in [0.25, 0.3) is 5.91 Å². The molecule has 2 aliphatic heterocycles. The van der Waals surface area contributed by atoms with Gasteiger partial charge in [0, 0.05) is 57.9 Å². The number of piperidine rings is 1. The molecule has 2 aromatic heterocycles. The first-order valence-electron chi connectivity index (χ1n) is 13.9. The molecule has 4 rings (SSSR count). The van der Waals surface area contributed by atoms with Gasteiger partial charge in [-0.2, -0.15) is 11.3 Å². The van der Waals surface area contributed by atoms with Crippen molar-refractivity contribution in [1.82, 2.24) is 20.1 Å². The van der Waals surface area contributed by atoms with Crippen molar-refractivity contribution >= 4 is 34.8 Å². The van der Waals surface area contributed by atoms with E-state index in [1.54, 1.807) is 17.4 Å². The van der Waals surface area contributed by atoms with Gasteiger partial charge in [-0.05, 0) is 92.8 Å². The van der Waals surface area contributed by atoms with E-state index in [2.05, 4.69) is 43.9 Å². The lowest BCUT2D eigenvalue weighted by Gasteiger charge is -2.41. The van der Waals surface area contributed by atoms with E-state index in [0.717, 1.165) is 64.0 Å². The Morgan fingerprint density at radius 2 is 1.97 bits per heavy atom. The third-order valence-electron chi connectivity index (χ3n) is 8.06. The molecule has 2 aliphatic rings. The summed E-state index contributed by atoms with van der Waals surface area (Å²) in [6.07, 6.45) is 5.43. The van der Waals surface area contributed by atoms with E-state index in [4.69, 9.17) is 16.3 Å². The van der Waals surface area contributed by atoms with Crippen LogP contribution >= 0.6 is 22.9 Å². The van der Waals surface area contributed by atoms with E-state index >= 15 is 0 Å². The fourth-order valence-corrected chi connectivity index (χ4v) is 6.70. The lowest BCUT2D eigenvalue weighted by atomic mass is 9.94. The smallest absolute Gasteiger partial charge is 0.253 e. The normalized spacial score (nSPS) is 18.3. The lowest BCUT2D eigenvalue weighted by molar-refractivity contribution is -0.137. The number of carbonyl (C=O) groups is 2. The first kappa shape index (κ1) is 29.0. The quantitative estimate of drug-likeness (QED) is 0.403. The van der Waals surface area contributed by atoms with Gasteiger partial charge >= 0.3 is 0 Å². The average Bonchev–Trinajstić information content (AvgIpc) is 3.41. The van der Waals surface area contributed by atoms with Crippen LogP contribution in [-0.4, -0.2) is 71.5 Å². The van der Waals surface area contributed by atoms with Crippen molar-refractivity contribution in [2.75, 3.05) is 32.8 Å². The summed E-state index contributed by atoms with van der Waals surface area (Å²) in [6, 6.07) is 4.49. The van der Waals surface area contributed by atoms with E-state index in [9.17, 15) is 9.59 Å². The van der Waals surface area contributed by atoms with Crippen LogP contribution in [0.1, 0.15) is 72.6 Å². The molecular weight excluding hydrogens is 520 g/mol. The minimum Gasteiger partial charge on any atom is -0.381 e. The van der Waals surface area contributed by atoms with Gasteiger partial charge in [-0.15, -0.1) is 0 Å². The Kier molecular flexibility index (Phi) is 10.6. The number of carbonyl (C=O) groups excluding carboxylic acids is 2. The highest BCUT2D eigenvalue weighted by molar-refractivity contribution is 7.07. The number of thiophene rings is 1. The van der Waals surface area contributed by atoms with Crippen LogP contribution in [0, 0.1) is 19.8 Å². The number of rotatable bonds is 10. The molecule has 7 nitrogen and oxygen atoms in total. The Hall–Kier alpha value is -2.00. The summed E-state index contributed by atoms with van der Waals surface area (Å²) in [5, 5.41) is 7.72. The van der Waals surface area contributed by atoms with E-state index < -0.39 is 0 Å². The highest BCUT2D eigenvalue weighted by Crippen LogP contribution is 2.26. The van der Waals surface area contributed by atoms with Crippen LogP contribution in [0.3, 0.4) is 0 Å². The second kappa shape index (κ2) is 13.9. The van der Waals surface area contributed by atoms with Gasteiger partial charge in [0.2, 0.25) is 5.91 Å². The zero-order valence-corrected chi connectivity index (χ0v) is 24.5. The molecule has 0 aromatic carbocycles. The standard InChI is InChI=1S/C29H41ClN4O3S/c1-20-16-26(30)32-22(3)28(20)29(36)31-10-4-21(2)33-11-5-25(6-12-33)34(18-24-9-15-38-19-24)27(35)17-23-7-13-37-14-8-23/h9,15-16,19,21,23,25H,4-8,10-14,17-18H2,1-3H3,(H,31,36)/t21-/m1/s1. The number of amides is 2. The Bertz CT molecular complexity index is 1040. The molecule has 0 aliphatic carbocycles. The maximum atomic E-state index is 13.5. The molecule has 208 valence electrons. The first-order valence-corrected chi connectivity index (χ1v) is 15.2. The van der Waals surface area contributed by atoms with Crippen molar-refractivity contribution in [2.45, 2.75) is 77.9 Å². The first-order chi connectivity index (χ1) is 18.3. The molecule has 0 bridgehead atoms. The molecule has 2 fully saturated rings. The fraction of sp³-hybridized carbons (Fsp3) is 0.621. The Labute approximate surface area is 235 Å². The Morgan fingerprint density at radius 3 is 2.63 bits per heavy atom. The van der Waals surface area contributed by atoms with Crippen molar-refractivity contribution in [1.29, 1.82) is 0 Å². The number of halogens is 1. The monoisotopic (exact) mass is 560 g/mol. The summed E-state index contributed by atoms with van der Waals surface area (Å²) in [7, 11) is 0. The predicted octanol–water partition coefficient (Wildman–Crippen LogP) is 5.23. The highest BCUT2D eigenvalue weighted by Gasteiger charge is 2.31. The fourth-order valence-electron chi connectivity index (χ4n) is 5.75. The predicted molar refractivity (Wildman–Crippen MR) is 153 cm³/mol. The summed E-state index contributed by atoms with van der Waals surface area (Å²) in [5.74, 6) is 0.634. The van der Waals surface area contributed by atoms with Gasteiger partial charge in [-0.1, -0.05) is 11.6 Å². The number of ether oxygens (including phenoxy) is 1. The minimum atomic E-state index is -0.0952. The van der Waals surface area contributed by atoms with Crippen molar-refractivity contribution in [3.8, 4) is 0 Å². The van der Waals surface area contributed by atoms with E-state index in [1.807, 2.05) is 13.8 Å². The van der Waals surface area contributed by atoms with Gasteiger partial charge < -0.3 is 19.9 Å². The number of aromatic nitrogens is 1. The summed E-state index contributed by atoms with van der Waals surface area (Å²) in [5.41, 5.74) is 3.33. The molecule has 0 unspecified atom stereocenters. The lowest BCUT2D eigenvalue weighted by Crippen LogP contribution is -2.49. The van der Waals surface area contributed by atoms with Crippen LogP contribution in [0.15, 0.2) is 22.9 Å². The SMILES string of the molecule is Cc1cc(Cl)nc(C)c1C(=O)NCC[C@@H](C)N1CCC(N(Cc2ccsc2)C(=O)CC2CCOCC2)CC1. The topological polar surface area (TPSA) is 74.8 Å². The average molecular weight is 561 g/mol. The summed E-state index contributed by atoms with van der Waals surface area (Å²) >= 11 is 7.70. The number of hydrogen-bond acceptors (Lipinski definition) is 6. The summed E-state index contributed by atoms with van der Waals surface area (Å²) < 4.78 is 5.50. The highest BCUT2D eigenvalue weighted by atomic mass is 35.5. The maximum absolute atomic E-state index is 13.5. The molecule has 0 saturated carbocycles. The van der Waals surface area contributed by atoms with Crippen molar-refractivity contribution in [2.24, 2.45) is 5.92 Å². The van der Waals surface area contributed by atoms with Crippen LogP contribution in [0.2, 0.25) is 5.15 Å². The molecule has 2 saturated heterocycles. The van der Waals surface area contributed by atoms with Gasteiger partial charge in [0.05, 0.1) is 11.3 Å². The molecule has 38 heavy (non-hydrogen) atoms. The van der Waals surface area contributed by atoms with Crippen LogP contribution in [0.5, 0.6) is 0 Å². The van der Waals surface area contributed by atoms with E-state index in [1.165, 1.54) is 5.56 Å². The number of pyridine rings is 1. The maximum Gasteiger partial charge on any atom is 0.253 e. The number of hydrogen-bond donors (Lipinski definition) is 1. The largest absolute Gasteiger partial charge is 0.381 e. The van der Waals surface area contributed by atoms with Crippen LogP contribution in [0.4, 0.5) is 0 Å². The molecule has 0 radical (unpaired) electrons. The molecule has 1 N–H and O–H groups in total. The number of likely N-dealkylation sites (tertiary alicyclic amines) is 1. The van der Waals surface area contributed by atoms with Gasteiger partial charge in [0.1, 0.15) is 5.15 Å². The van der Waals surface area contributed by atoms with Crippen LogP contribution in [-0.2, 0) is 16.1 Å². The van der Waals surface area contributed by atoms with Gasteiger partial charge in [-0.25, -0.2) is 4.98 Å². The molecule has 4 heterocycles. The minimum absolute atomic E-state index is 0.0952. The third kappa shape index (κ3) is 7.78. The molecule has 2 amide bonds. The van der Waals surface area contributed by atoms with Gasteiger partial charge in [0.15, 0.2) is 0 Å². The zero-order chi connectivity index (χ0) is 27.1. The van der Waals surface area contributed by atoms with Crippen molar-refractivity contribution < 1.29 is 14.3 Å². The van der Waals surface area contributed by atoms with Gasteiger partial charge in [-0.3, -0.25) is 9.59 Å². The third-order valence-corrected chi connectivity index (χ3v) is 8.99. The van der Waals surface area contributed by atoms with Crippen LogP contribution in [0.25, 0.3) is 0 Å². The molecule has 0 spiro atoms. The van der Waals surface area contributed by atoms with E-state index in [0.29, 0.717) is 53.8 Å². The van der Waals surface area contributed by atoms with Crippen molar-refractivity contribution in [3.05, 3.63) is 50.4 Å². The number of nitrogens with zero attached hydrogens (tertiary/aromatic N) is 3. The number of nitrogens with one attached hydrogen (secondary N) is 1. The van der Waals surface area contributed by atoms with Crippen LogP contribution < -0.4 is 5.32 Å².